The lowest BCUT2D eigenvalue weighted by Gasteiger charge is -2.29. The van der Waals surface area contributed by atoms with E-state index in [4.69, 9.17) is 9.05 Å². The molecule has 0 aromatic carbocycles. The molecule has 2 N–H and O–H groups in total. The van der Waals surface area contributed by atoms with Crippen LogP contribution in [0.2, 0.25) is 0 Å². The normalized spacial score (nSPS) is 15.2. The number of nitrogens with one attached hydrogen (secondary N) is 1. The van der Waals surface area contributed by atoms with E-state index >= 15 is 0 Å². The minimum absolute atomic E-state index is 0.0162. The molecule has 69 heavy (non-hydrogen) atoms. The molecule has 0 rings (SSSR count). The van der Waals surface area contributed by atoms with Crippen LogP contribution in [0.25, 0.3) is 0 Å². The number of nitrogens with zero attached hydrogens (tertiary/aromatic N) is 1. The molecule has 0 aliphatic heterocycles. The van der Waals surface area contributed by atoms with Crippen molar-refractivity contribution in [2.75, 3.05) is 40.9 Å². The van der Waals surface area contributed by atoms with Crippen LogP contribution in [0.4, 0.5) is 0 Å². The Labute approximate surface area is 423 Å². The van der Waals surface area contributed by atoms with Gasteiger partial charge in [0.2, 0.25) is 5.91 Å². The third kappa shape index (κ3) is 52.0. The number of likely N-dealkylation sites (N-methyl/N-ethyl adjacent to an activating group) is 1. The fourth-order valence-electron chi connectivity index (χ4n) is 6.59. The monoisotopic (exact) mass is 975 g/mol. The molecule has 0 aromatic rings. The molecular formula is C60H99N2O6P. The van der Waals surface area contributed by atoms with Crippen molar-refractivity contribution in [2.45, 2.75) is 187 Å². The average molecular weight is 975 g/mol. The summed E-state index contributed by atoms with van der Waals surface area (Å²) in [7, 11) is 1.21. The van der Waals surface area contributed by atoms with Crippen molar-refractivity contribution in [3.63, 3.8) is 0 Å². The summed E-state index contributed by atoms with van der Waals surface area (Å²) in [5, 5.41) is 13.7. The van der Waals surface area contributed by atoms with E-state index in [0.29, 0.717) is 17.4 Å². The first kappa shape index (κ1) is 65.4. The van der Waals surface area contributed by atoms with Crippen LogP contribution in [-0.4, -0.2) is 68.5 Å². The Kier molecular flexibility index (Phi) is 46.8. The first-order valence-corrected chi connectivity index (χ1v) is 28.2. The molecule has 0 heterocycles. The van der Waals surface area contributed by atoms with Crippen LogP contribution in [0, 0.1) is 0 Å². The van der Waals surface area contributed by atoms with E-state index in [9.17, 15) is 19.4 Å². The second-order valence-corrected chi connectivity index (χ2v) is 19.9. The zero-order valence-electron chi connectivity index (χ0n) is 44.2. The summed E-state index contributed by atoms with van der Waals surface area (Å²) in [6.45, 7) is 4.39. The molecule has 1 amide bonds. The van der Waals surface area contributed by atoms with E-state index in [2.05, 4.69) is 153 Å². The van der Waals surface area contributed by atoms with Crippen molar-refractivity contribution < 1.29 is 32.9 Å². The van der Waals surface area contributed by atoms with Gasteiger partial charge in [-0.3, -0.25) is 9.36 Å². The van der Waals surface area contributed by atoms with Crippen molar-refractivity contribution >= 4 is 13.7 Å². The number of carbonyl (C=O) groups excluding carboxylic acids is 1. The van der Waals surface area contributed by atoms with Gasteiger partial charge < -0.3 is 28.8 Å². The summed E-state index contributed by atoms with van der Waals surface area (Å²) in [5.41, 5.74) is 0. The number of unbranched alkanes of at least 4 members (excludes halogenated alkanes) is 11. The Balaban J connectivity index is 4.07. The highest BCUT2D eigenvalue weighted by Gasteiger charge is 2.23. The Morgan fingerprint density at radius 3 is 1.35 bits per heavy atom. The van der Waals surface area contributed by atoms with E-state index in [1.807, 2.05) is 27.2 Å². The molecule has 0 saturated carbocycles. The minimum Gasteiger partial charge on any atom is -0.756 e. The van der Waals surface area contributed by atoms with Crippen LogP contribution >= 0.6 is 7.82 Å². The highest BCUT2D eigenvalue weighted by molar-refractivity contribution is 7.45. The Morgan fingerprint density at radius 2 is 0.899 bits per heavy atom. The van der Waals surface area contributed by atoms with Gasteiger partial charge >= 0.3 is 0 Å². The number of allylic oxidation sites excluding steroid dienone is 23. The Morgan fingerprint density at radius 1 is 0.522 bits per heavy atom. The second kappa shape index (κ2) is 49.4. The molecule has 0 aliphatic carbocycles. The maximum Gasteiger partial charge on any atom is 0.268 e. The number of hydrogen-bond donors (Lipinski definition) is 2. The van der Waals surface area contributed by atoms with Crippen molar-refractivity contribution in [1.29, 1.82) is 0 Å². The number of aliphatic hydroxyl groups is 1. The number of rotatable bonds is 46. The molecule has 8 nitrogen and oxygen atoms in total. The summed E-state index contributed by atoms with van der Waals surface area (Å²) in [5.74, 6) is -0.227. The van der Waals surface area contributed by atoms with Crippen molar-refractivity contribution in [3.8, 4) is 0 Å². The van der Waals surface area contributed by atoms with Gasteiger partial charge in [-0.15, -0.1) is 0 Å². The van der Waals surface area contributed by atoms with Gasteiger partial charge in [0.1, 0.15) is 13.2 Å². The molecule has 9 heteroatoms. The summed E-state index contributed by atoms with van der Waals surface area (Å²) in [4.78, 5) is 25.3. The van der Waals surface area contributed by atoms with Crippen LogP contribution in [0.5, 0.6) is 0 Å². The minimum atomic E-state index is -4.60. The molecule has 0 aliphatic rings. The summed E-state index contributed by atoms with van der Waals surface area (Å²) in [6.07, 6.45) is 76.6. The van der Waals surface area contributed by atoms with E-state index in [-0.39, 0.29) is 12.5 Å². The van der Waals surface area contributed by atoms with Crippen molar-refractivity contribution in [2.24, 2.45) is 0 Å². The summed E-state index contributed by atoms with van der Waals surface area (Å²) < 4.78 is 23.1. The van der Waals surface area contributed by atoms with Crippen LogP contribution in [0.1, 0.15) is 174 Å². The van der Waals surface area contributed by atoms with Gasteiger partial charge in [0.05, 0.1) is 39.9 Å². The third-order valence-corrected chi connectivity index (χ3v) is 11.7. The average Bonchev–Trinajstić information content (AvgIpc) is 3.31. The summed E-state index contributed by atoms with van der Waals surface area (Å²) in [6, 6.07) is -0.915. The van der Waals surface area contributed by atoms with Gasteiger partial charge in [0.25, 0.3) is 7.82 Å². The number of amides is 1. The Bertz CT molecular complexity index is 1620. The second-order valence-electron chi connectivity index (χ2n) is 18.5. The first-order chi connectivity index (χ1) is 33.5. The number of aliphatic hydroxyl groups excluding tert-OH is 1. The number of quaternary nitrogens is 1. The number of hydrogen-bond acceptors (Lipinski definition) is 6. The van der Waals surface area contributed by atoms with Crippen molar-refractivity contribution in [1.82, 2.24) is 5.32 Å². The lowest BCUT2D eigenvalue weighted by Crippen LogP contribution is -2.45. The molecule has 3 unspecified atom stereocenters. The maximum atomic E-state index is 12.8. The molecule has 0 aromatic heterocycles. The van der Waals surface area contributed by atoms with Gasteiger partial charge in [-0.1, -0.05) is 211 Å². The lowest BCUT2D eigenvalue weighted by molar-refractivity contribution is -0.870. The molecule has 0 saturated heterocycles. The Hall–Kier alpha value is -3.62. The third-order valence-electron chi connectivity index (χ3n) is 10.8. The highest BCUT2D eigenvalue weighted by atomic mass is 31.2. The van der Waals surface area contributed by atoms with Crippen LogP contribution in [0.3, 0.4) is 0 Å². The smallest absolute Gasteiger partial charge is 0.268 e. The lowest BCUT2D eigenvalue weighted by atomic mass is 10.1. The van der Waals surface area contributed by atoms with E-state index in [1.54, 1.807) is 6.08 Å². The van der Waals surface area contributed by atoms with Crippen LogP contribution in [-0.2, 0) is 18.4 Å². The number of phosphoric acid groups is 1. The fraction of sp³-hybridized carbons (Fsp3) is 0.583. The van der Waals surface area contributed by atoms with Crippen LogP contribution in [0.15, 0.2) is 146 Å². The van der Waals surface area contributed by atoms with E-state index in [0.717, 1.165) is 122 Å². The molecule has 0 fully saturated rings. The summed E-state index contributed by atoms with van der Waals surface area (Å²) >= 11 is 0. The van der Waals surface area contributed by atoms with Gasteiger partial charge in [0, 0.05) is 6.42 Å². The molecule has 0 radical (unpaired) electrons. The molecule has 0 spiro atoms. The standard InChI is InChI=1S/C60H99N2O6P/c1-6-8-10-12-14-16-17-18-19-20-21-22-23-24-25-26-27-28-29-30-31-32-33-34-35-36-37-38-39-40-41-42-43-44-45-46-48-50-52-54-60(64)61-58(57-68-69(65,66)67-56-55-62(3,4)5)59(63)53-51-49-47-15-13-11-9-7-2/h8,10,13-16,18-19,21-22,24-25,27-28,30-31,33-34,36-37,39-40,51,53,58-59,63H,6-7,9,11-12,17,20,23,26,29,32,35,38,41-50,52,54-57H2,1-5H3,(H-,61,64,65,66)/b10-8-,15-13+,16-14-,19-18-,22-21-,25-24-,28-27-,31-30-,34-33-,37-36-,40-39-,53-51+. The van der Waals surface area contributed by atoms with Gasteiger partial charge in [-0.25, -0.2) is 0 Å². The predicted molar refractivity (Wildman–Crippen MR) is 297 cm³/mol. The van der Waals surface area contributed by atoms with Crippen molar-refractivity contribution in [3.05, 3.63) is 146 Å². The zero-order valence-corrected chi connectivity index (χ0v) is 45.1. The quantitative estimate of drug-likeness (QED) is 0.0272. The maximum absolute atomic E-state index is 12.8. The van der Waals surface area contributed by atoms with Crippen LogP contribution < -0.4 is 10.2 Å². The molecular weight excluding hydrogens is 876 g/mol. The van der Waals surface area contributed by atoms with Gasteiger partial charge in [-0.05, 0) is 103 Å². The number of carbonyl (C=O) groups is 1. The zero-order chi connectivity index (χ0) is 50.6. The van der Waals surface area contributed by atoms with Gasteiger partial charge in [-0.2, -0.15) is 0 Å². The molecule has 390 valence electrons. The molecule has 0 bridgehead atoms. The van der Waals surface area contributed by atoms with E-state index < -0.39 is 26.6 Å². The SMILES string of the molecule is CC/C=C\C/C=C\C/C=C\C/C=C\C/C=C\C/C=C\C/C=C\C/C=C\C/C=C\C/C=C\CCCCCCCCCCC(=O)NC(COP(=O)([O-])OCC[N+](C)(C)C)C(O)/C=C/CC/C=C/CCCC. The largest absolute Gasteiger partial charge is 0.756 e. The number of phosphoric ester groups is 1. The topological polar surface area (TPSA) is 108 Å². The van der Waals surface area contributed by atoms with Gasteiger partial charge in [0.15, 0.2) is 0 Å². The molecule has 3 atom stereocenters. The highest BCUT2D eigenvalue weighted by Crippen LogP contribution is 2.38. The fourth-order valence-corrected chi connectivity index (χ4v) is 7.31. The van der Waals surface area contributed by atoms with E-state index in [1.165, 1.54) is 32.1 Å². The first-order valence-electron chi connectivity index (χ1n) is 26.7. The predicted octanol–water partition coefficient (Wildman–Crippen LogP) is 15.5.